The van der Waals surface area contributed by atoms with Gasteiger partial charge in [0.05, 0.1) is 10.6 Å². The predicted molar refractivity (Wildman–Crippen MR) is 117 cm³/mol. The minimum absolute atomic E-state index is 0.0705. The van der Waals surface area contributed by atoms with Crippen molar-refractivity contribution in [1.29, 1.82) is 0 Å². The molecule has 3 aromatic rings. The second kappa shape index (κ2) is 9.37. The van der Waals surface area contributed by atoms with E-state index in [9.17, 15) is 27.7 Å². The zero-order valence-corrected chi connectivity index (χ0v) is 18.4. The number of amides is 1. The maximum atomic E-state index is 12.5. The van der Waals surface area contributed by atoms with E-state index in [0.717, 1.165) is 11.3 Å². The predicted octanol–water partition coefficient (Wildman–Crippen LogP) is 3.22. The van der Waals surface area contributed by atoms with Gasteiger partial charge in [-0.25, -0.2) is 10.6 Å². The van der Waals surface area contributed by atoms with Crippen LogP contribution in [0.1, 0.15) is 30.6 Å². The fraction of sp³-hybridized carbons (Fsp3) is 0.263. The Kier molecular flexibility index (Phi) is 7.02. The molecule has 1 amide bonds. The van der Waals surface area contributed by atoms with E-state index in [1.165, 1.54) is 24.3 Å². The largest absolute Gasteiger partial charge is 0.506 e. The molecule has 3 rings (SSSR count). The monoisotopic (exact) mass is 486 g/mol. The average Bonchev–Trinajstić information content (AvgIpc) is 3.13. The molecular weight excluding hydrogens is 468 g/mol. The summed E-state index contributed by atoms with van der Waals surface area (Å²) in [5.74, 6) is 4.50. The van der Waals surface area contributed by atoms with E-state index in [4.69, 9.17) is 21.9 Å². The molecule has 0 saturated carbocycles. The van der Waals surface area contributed by atoms with Crippen LogP contribution in [0.5, 0.6) is 5.75 Å². The summed E-state index contributed by atoms with van der Waals surface area (Å²) < 4.78 is 38.5. The zero-order valence-electron chi connectivity index (χ0n) is 16.1. The topological polar surface area (TPSA) is 160 Å². The van der Waals surface area contributed by atoms with E-state index in [1.807, 2.05) is 5.43 Å². The number of hydrogen-bond donors (Lipinski definition) is 4. The van der Waals surface area contributed by atoms with Crippen LogP contribution < -0.4 is 16.9 Å². The fourth-order valence-electron chi connectivity index (χ4n) is 3.06. The Morgan fingerprint density at radius 3 is 2.61 bits per heavy atom. The van der Waals surface area contributed by atoms with Gasteiger partial charge in [-0.15, -0.1) is 11.3 Å². The molecule has 9 nitrogen and oxygen atoms in total. The first-order chi connectivity index (χ1) is 14.6. The molecule has 0 spiro atoms. The number of aromatic hydroxyl groups is 1. The van der Waals surface area contributed by atoms with Crippen LogP contribution >= 0.6 is 22.9 Å². The minimum atomic E-state index is -4.51. The highest BCUT2D eigenvalue weighted by molar-refractivity contribution is 7.86. The summed E-state index contributed by atoms with van der Waals surface area (Å²) in [6, 6.07) is 5.37. The summed E-state index contributed by atoms with van der Waals surface area (Å²) in [4.78, 5) is 24.0. The molecule has 0 radical (unpaired) electrons. The molecule has 2 aromatic heterocycles. The van der Waals surface area contributed by atoms with Crippen molar-refractivity contribution in [1.82, 2.24) is 5.43 Å². The van der Waals surface area contributed by atoms with Gasteiger partial charge >= 0.3 is 5.63 Å². The van der Waals surface area contributed by atoms with Gasteiger partial charge in [0.15, 0.2) is 0 Å². The Morgan fingerprint density at radius 2 is 1.94 bits per heavy atom. The molecule has 0 unspecified atom stereocenters. The lowest BCUT2D eigenvalue weighted by atomic mass is 10.1. The second-order valence-electron chi connectivity index (χ2n) is 6.79. The third-order valence-electron chi connectivity index (χ3n) is 4.58. The molecule has 31 heavy (non-hydrogen) atoms. The van der Waals surface area contributed by atoms with E-state index in [1.54, 1.807) is 0 Å². The van der Waals surface area contributed by atoms with Crippen LogP contribution in [0.2, 0.25) is 5.02 Å². The van der Waals surface area contributed by atoms with Gasteiger partial charge < -0.3 is 9.52 Å². The number of phenolic OH excluding ortho intramolecular Hbond substituents is 1. The Bertz CT molecular complexity index is 1300. The quantitative estimate of drug-likeness (QED) is 0.0942. The highest BCUT2D eigenvalue weighted by Crippen LogP contribution is 2.36. The van der Waals surface area contributed by atoms with Crippen molar-refractivity contribution >= 4 is 49.9 Å². The van der Waals surface area contributed by atoms with E-state index in [0.29, 0.717) is 40.8 Å². The number of nitrogens with one attached hydrogen (secondary N) is 1. The van der Waals surface area contributed by atoms with E-state index in [2.05, 4.69) is 0 Å². The first-order valence-corrected chi connectivity index (χ1v) is 11.8. The lowest BCUT2D eigenvalue weighted by molar-refractivity contribution is -0.121. The Morgan fingerprint density at radius 1 is 1.19 bits per heavy atom. The molecule has 166 valence electrons. The molecule has 5 N–H and O–H groups in total. The van der Waals surface area contributed by atoms with Crippen molar-refractivity contribution in [3.8, 4) is 16.2 Å². The number of hydrazine groups is 1. The number of rotatable bonds is 8. The third-order valence-corrected chi connectivity index (χ3v) is 7.16. The highest BCUT2D eigenvalue weighted by atomic mass is 35.5. The van der Waals surface area contributed by atoms with Crippen molar-refractivity contribution in [3.05, 3.63) is 44.6 Å². The van der Waals surface area contributed by atoms with E-state index in [-0.39, 0.29) is 39.1 Å². The molecule has 2 heterocycles. The smallest absolute Gasteiger partial charge is 0.345 e. The molecule has 0 bridgehead atoms. The van der Waals surface area contributed by atoms with Crippen molar-refractivity contribution in [2.75, 3.05) is 0 Å². The van der Waals surface area contributed by atoms with Gasteiger partial charge in [0, 0.05) is 27.6 Å². The summed E-state index contributed by atoms with van der Waals surface area (Å²) >= 11 is 6.97. The number of nitrogens with two attached hydrogens (primary N) is 1. The molecule has 12 heteroatoms. The van der Waals surface area contributed by atoms with Crippen LogP contribution in [0.4, 0.5) is 0 Å². The number of aryl methyl sites for hydroxylation is 1. The maximum Gasteiger partial charge on any atom is 0.345 e. The van der Waals surface area contributed by atoms with Crippen LogP contribution in [-0.2, 0) is 21.3 Å². The SMILES string of the molecule is NNC(=O)CCCCCc1sc(-c2cc3cc(Cl)c(O)cc3oc2=O)cc1S(=O)(=O)O. The number of phenols is 1. The zero-order chi connectivity index (χ0) is 22.8. The van der Waals surface area contributed by atoms with Gasteiger partial charge in [0.2, 0.25) is 5.91 Å². The molecule has 0 saturated heterocycles. The third kappa shape index (κ3) is 5.43. The van der Waals surface area contributed by atoms with Gasteiger partial charge in [0.25, 0.3) is 10.1 Å². The highest BCUT2D eigenvalue weighted by Gasteiger charge is 2.22. The number of carbonyl (C=O) groups excluding carboxylic acids is 1. The number of fused-ring (bicyclic) bond motifs is 1. The van der Waals surface area contributed by atoms with Crippen molar-refractivity contribution in [3.63, 3.8) is 0 Å². The number of thiophene rings is 1. The van der Waals surface area contributed by atoms with Crippen LogP contribution in [-0.4, -0.2) is 24.0 Å². The normalized spacial score (nSPS) is 11.7. The second-order valence-corrected chi connectivity index (χ2v) is 9.72. The van der Waals surface area contributed by atoms with Crippen LogP contribution in [0.3, 0.4) is 0 Å². The van der Waals surface area contributed by atoms with Crippen LogP contribution in [0, 0.1) is 0 Å². The lowest BCUT2D eigenvalue weighted by Gasteiger charge is -2.03. The van der Waals surface area contributed by atoms with Gasteiger partial charge in [-0.1, -0.05) is 18.0 Å². The molecule has 0 atom stereocenters. The number of benzene rings is 1. The minimum Gasteiger partial charge on any atom is -0.506 e. The number of hydrogen-bond acceptors (Lipinski definition) is 8. The van der Waals surface area contributed by atoms with Gasteiger partial charge in [0.1, 0.15) is 16.2 Å². The van der Waals surface area contributed by atoms with Crippen molar-refractivity contribution in [2.45, 2.75) is 37.0 Å². The van der Waals surface area contributed by atoms with Gasteiger partial charge in [-0.3, -0.25) is 14.8 Å². The van der Waals surface area contributed by atoms with Gasteiger partial charge in [-0.05, 0) is 37.5 Å². The van der Waals surface area contributed by atoms with Crippen LogP contribution in [0.15, 0.2) is 38.4 Å². The summed E-state index contributed by atoms with van der Waals surface area (Å²) in [7, 11) is -4.51. The van der Waals surface area contributed by atoms with Crippen molar-refractivity contribution in [2.24, 2.45) is 5.84 Å². The summed E-state index contributed by atoms with van der Waals surface area (Å²) in [5, 5.41) is 10.2. The van der Waals surface area contributed by atoms with Crippen LogP contribution in [0.25, 0.3) is 21.4 Å². The molecule has 0 aliphatic carbocycles. The Balaban J connectivity index is 1.92. The first-order valence-electron chi connectivity index (χ1n) is 9.16. The summed E-state index contributed by atoms with van der Waals surface area (Å²) in [6.45, 7) is 0. The number of unbranched alkanes of at least 4 members (excludes halogenated alkanes) is 2. The van der Waals surface area contributed by atoms with E-state index >= 15 is 0 Å². The summed E-state index contributed by atoms with van der Waals surface area (Å²) in [6.07, 6.45) is 2.38. The lowest BCUT2D eigenvalue weighted by Crippen LogP contribution is -2.29. The van der Waals surface area contributed by atoms with E-state index < -0.39 is 15.7 Å². The van der Waals surface area contributed by atoms with Gasteiger partial charge in [-0.2, -0.15) is 8.42 Å². The molecule has 0 aliphatic rings. The molecule has 0 aliphatic heterocycles. The number of halogens is 1. The maximum absolute atomic E-state index is 12.5. The van der Waals surface area contributed by atoms with Crippen molar-refractivity contribution < 1.29 is 27.3 Å². The molecular formula is C19H19ClN2O7S2. The first kappa shape index (κ1) is 23.2. The molecule has 0 fully saturated rings. The average molecular weight is 487 g/mol. The number of carbonyl (C=O) groups is 1. The Labute approximate surface area is 186 Å². The standard InChI is InChI=1S/C19H19ClN2O7S2/c20-12-7-10-6-11(19(25)29-14(10)8-13(12)23)16-9-17(31(26,27)28)15(30-16)4-2-1-3-5-18(24)22-21/h6-9,23H,1-5,21H2,(H,22,24)(H,26,27,28). The Hall–Kier alpha value is -2.44. The fourth-order valence-corrected chi connectivity index (χ4v) is 5.50. The molecule has 1 aromatic carbocycles. The summed E-state index contributed by atoms with van der Waals surface area (Å²) in [5.41, 5.74) is 1.55.